The van der Waals surface area contributed by atoms with Crippen LogP contribution in [0.1, 0.15) is 45.2 Å². The lowest BCUT2D eigenvalue weighted by molar-refractivity contribution is 0.0706. The van der Waals surface area contributed by atoms with Gasteiger partial charge in [0.15, 0.2) is 0 Å². The molecule has 8 heteroatoms. The highest BCUT2D eigenvalue weighted by Gasteiger charge is 2.29. The zero-order valence-electron chi connectivity index (χ0n) is 14.9. The topological polar surface area (TPSA) is 108 Å². The lowest BCUT2D eigenvalue weighted by Crippen LogP contribution is -2.34. The maximum atomic E-state index is 13.5. The van der Waals surface area contributed by atoms with E-state index in [0.29, 0.717) is 28.9 Å². The molecular weight excluding hydrogens is 334 g/mol. The van der Waals surface area contributed by atoms with Crippen LogP contribution in [0.5, 0.6) is 0 Å². The molecule has 0 spiro atoms. The molecule has 1 aliphatic rings. The lowest BCUT2D eigenvalue weighted by atomic mass is 10.0. The summed E-state index contributed by atoms with van der Waals surface area (Å²) < 4.78 is 5.33. The van der Waals surface area contributed by atoms with Crippen molar-refractivity contribution < 1.29 is 14.4 Å². The fourth-order valence-corrected chi connectivity index (χ4v) is 3.64. The molecule has 0 bridgehead atoms. The van der Waals surface area contributed by atoms with Crippen LogP contribution in [0.15, 0.2) is 10.7 Å². The molecule has 8 nitrogen and oxygen atoms in total. The van der Waals surface area contributed by atoms with Crippen LogP contribution in [0.25, 0.3) is 11.1 Å². The van der Waals surface area contributed by atoms with E-state index in [1.807, 2.05) is 13.8 Å². The zero-order valence-corrected chi connectivity index (χ0v) is 14.9. The average molecular weight is 355 g/mol. The Bertz CT molecular complexity index is 975. The zero-order chi connectivity index (χ0) is 18.3. The first-order valence-electron chi connectivity index (χ1n) is 8.77. The van der Waals surface area contributed by atoms with E-state index in [1.165, 1.54) is 0 Å². The number of aromatic nitrogens is 4. The Morgan fingerprint density at radius 1 is 1.38 bits per heavy atom. The third-order valence-electron chi connectivity index (χ3n) is 4.81. The van der Waals surface area contributed by atoms with Crippen molar-refractivity contribution in [1.82, 2.24) is 25.0 Å². The molecule has 0 unspecified atom stereocenters. The minimum atomic E-state index is -0.136. The molecule has 0 atom stereocenters. The second-order valence-electron chi connectivity index (χ2n) is 6.66. The van der Waals surface area contributed by atoms with Crippen molar-refractivity contribution in [1.29, 1.82) is 0 Å². The van der Waals surface area contributed by atoms with E-state index in [2.05, 4.69) is 20.1 Å². The Morgan fingerprint density at radius 3 is 2.96 bits per heavy atom. The van der Waals surface area contributed by atoms with Gasteiger partial charge in [-0.3, -0.25) is 4.79 Å². The second-order valence-corrected chi connectivity index (χ2v) is 6.66. The number of H-pyrrole nitrogens is 1. The van der Waals surface area contributed by atoms with E-state index in [9.17, 15) is 9.90 Å². The molecule has 1 amide bonds. The van der Waals surface area contributed by atoms with Gasteiger partial charge in [0.1, 0.15) is 5.82 Å². The first kappa shape index (κ1) is 16.7. The minimum Gasteiger partial charge on any atom is -0.395 e. The highest BCUT2D eigenvalue weighted by molar-refractivity contribution is 6.07. The fourth-order valence-electron chi connectivity index (χ4n) is 3.64. The van der Waals surface area contributed by atoms with Gasteiger partial charge in [0.25, 0.3) is 11.6 Å². The quantitative estimate of drug-likeness (QED) is 0.721. The normalized spacial score (nSPS) is 13.3. The number of amides is 1. The van der Waals surface area contributed by atoms with Crippen molar-refractivity contribution >= 4 is 17.0 Å². The van der Waals surface area contributed by atoms with E-state index in [0.717, 1.165) is 42.0 Å². The smallest absolute Gasteiger partial charge is 0.259 e. The van der Waals surface area contributed by atoms with E-state index >= 15 is 0 Å². The van der Waals surface area contributed by atoms with Gasteiger partial charge >= 0.3 is 0 Å². The number of aryl methyl sites for hydroxylation is 3. The van der Waals surface area contributed by atoms with Crippen LogP contribution < -0.4 is 0 Å². The largest absolute Gasteiger partial charge is 0.395 e. The lowest BCUT2D eigenvalue weighted by Gasteiger charge is -2.22. The van der Waals surface area contributed by atoms with E-state index in [4.69, 9.17) is 4.52 Å². The van der Waals surface area contributed by atoms with Gasteiger partial charge in [-0.2, -0.15) is 0 Å². The minimum absolute atomic E-state index is 0.113. The molecule has 136 valence electrons. The van der Waals surface area contributed by atoms with Crippen molar-refractivity contribution in [2.75, 3.05) is 13.2 Å². The van der Waals surface area contributed by atoms with Crippen LogP contribution in [0, 0.1) is 13.8 Å². The first-order valence-corrected chi connectivity index (χ1v) is 8.77. The molecule has 0 saturated carbocycles. The number of imidazole rings is 1. The third-order valence-corrected chi connectivity index (χ3v) is 4.81. The highest BCUT2D eigenvalue weighted by atomic mass is 16.5. The summed E-state index contributed by atoms with van der Waals surface area (Å²) in [6.45, 7) is 4.16. The van der Waals surface area contributed by atoms with Crippen LogP contribution in [0.4, 0.5) is 0 Å². The number of aliphatic hydroxyl groups is 1. The number of carbonyl (C=O) groups is 1. The summed E-state index contributed by atoms with van der Waals surface area (Å²) in [7, 11) is 0. The Morgan fingerprint density at radius 2 is 2.23 bits per heavy atom. The van der Waals surface area contributed by atoms with Gasteiger partial charge in [-0.25, -0.2) is 9.97 Å². The predicted molar refractivity (Wildman–Crippen MR) is 93.7 cm³/mol. The summed E-state index contributed by atoms with van der Waals surface area (Å²) in [5, 5.41) is 14.2. The molecule has 0 aromatic carbocycles. The number of pyridine rings is 1. The molecule has 3 aromatic rings. The molecule has 0 saturated heterocycles. The number of hydrogen-bond donors (Lipinski definition) is 2. The van der Waals surface area contributed by atoms with Crippen molar-refractivity contribution in [2.45, 2.75) is 39.7 Å². The summed E-state index contributed by atoms with van der Waals surface area (Å²) in [6, 6.07) is 0. The number of aromatic amines is 1. The van der Waals surface area contributed by atoms with Gasteiger partial charge in [-0.1, -0.05) is 5.16 Å². The number of rotatable bonds is 5. The Labute approximate surface area is 150 Å². The molecule has 0 radical (unpaired) electrons. The van der Waals surface area contributed by atoms with E-state index in [1.54, 1.807) is 11.1 Å². The van der Waals surface area contributed by atoms with Crippen LogP contribution >= 0.6 is 0 Å². The number of carbonyl (C=O) groups excluding carboxylic acids is 1. The van der Waals surface area contributed by atoms with Crippen molar-refractivity contribution in [3.05, 3.63) is 40.2 Å². The Balaban J connectivity index is 1.79. The number of aliphatic hydroxyl groups excluding tert-OH is 1. The number of nitrogens with zero attached hydrogens (tertiary/aromatic N) is 4. The number of fused-ring (bicyclic) bond motifs is 2. The fraction of sp³-hybridized carbons (Fsp3) is 0.444. The first-order chi connectivity index (χ1) is 12.6. The molecule has 1 aliphatic carbocycles. The summed E-state index contributed by atoms with van der Waals surface area (Å²) in [6.07, 6.45) is 4.34. The maximum Gasteiger partial charge on any atom is 0.259 e. The van der Waals surface area contributed by atoms with Crippen LogP contribution in [0.2, 0.25) is 0 Å². The maximum absolute atomic E-state index is 13.5. The third kappa shape index (κ3) is 2.76. The molecule has 26 heavy (non-hydrogen) atoms. The standard InChI is InChI=1S/C18H21N5O3/c1-10-15-16(13-4-3-5-14(13)21-17(15)26-22-10)18(25)23(6-7-24)9-12-8-19-11(2)20-12/h8,24H,3-7,9H2,1-2H3,(H,19,20). The van der Waals surface area contributed by atoms with Gasteiger partial charge in [0.2, 0.25) is 0 Å². The average Bonchev–Trinajstić information content (AvgIpc) is 3.33. The van der Waals surface area contributed by atoms with Crippen molar-refractivity contribution in [2.24, 2.45) is 0 Å². The summed E-state index contributed by atoms with van der Waals surface area (Å²) >= 11 is 0. The summed E-state index contributed by atoms with van der Waals surface area (Å²) in [5.74, 6) is 0.654. The van der Waals surface area contributed by atoms with E-state index < -0.39 is 0 Å². The summed E-state index contributed by atoms with van der Waals surface area (Å²) in [4.78, 5) is 27.0. The Kier molecular flexibility index (Phi) is 4.20. The van der Waals surface area contributed by atoms with Gasteiger partial charge in [-0.05, 0) is 38.7 Å². The molecule has 0 fully saturated rings. The second kappa shape index (κ2) is 6.53. The van der Waals surface area contributed by atoms with Gasteiger partial charge in [0.05, 0.1) is 41.7 Å². The molecule has 3 aromatic heterocycles. The van der Waals surface area contributed by atoms with Crippen LogP contribution in [-0.4, -0.2) is 49.2 Å². The van der Waals surface area contributed by atoms with E-state index in [-0.39, 0.29) is 19.1 Å². The van der Waals surface area contributed by atoms with Crippen molar-refractivity contribution in [3.63, 3.8) is 0 Å². The van der Waals surface area contributed by atoms with Crippen molar-refractivity contribution in [3.8, 4) is 0 Å². The van der Waals surface area contributed by atoms with Crippen LogP contribution in [0.3, 0.4) is 0 Å². The highest BCUT2D eigenvalue weighted by Crippen LogP contribution is 2.32. The predicted octanol–water partition coefficient (Wildman–Crippen LogP) is 1.69. The Hall–Kier alpha value is -2.74. The molecule has 2 N–H and O–H groups in total. The monoisotopic (exact) mass is 355 g/mol. The number of nitrogens with one attached hydrogen (secondary N) is 1. The van der Waals surface area contributed by atoms with Gasteiger partial charge in [0, 0.05) is 12.2 Å². The SMILES string of the molecule is Cc1ncc(CN(CCO)C(=O)c2c3c(nc4onc(C)c24)CCC3)[nH]1. The molecule has 0 aliphatic heterocycles. The summed E-state index contributed by atoms with van der Waals surface area (Å²) in [5.41, 5.74) is 4.41. The molecule has 4 rings (SSSR count). The van der Waals surface area contributed by atoms with Gasteiger partial charge in [-0.15, -0.1) is 0 Å². The van der Waals surface area contributed by atoms with Crippen LogP contribution in [-0.2, 0) is 19.4 Å². The molecular formula is C18H21N5O3. The number of hydrogen-bond acceptors (Lipinski definition) is 6. The van der Waals surface area contributed by atoms with Gasteiger partial charge < -0.3 is 19.5 Å². The molecule has 3 heterocycles.